The van der Waals surface area contributed by atoms with Crippen molar-refractivity contribution in [3.05, 3.63) is 31.9 Å². The number of rotatable bonds is 8. The largest absolute Gasteiger partial charge is 0.491 e. The number of methoxy groups -OCH3 is 1. The van der Waals surface area contributed by atoms with E-state index >= 15 is 0 Å². The lowest BCUT2D eigenvalue weighted by Gasteiger charge is -2.22. The van der Waals surface area contributed by atoms with Gasteiger partial charge in [0.05, 0.1) is 7.11 Å². The minimum Gasteiger partial charge on any atom is -0.491 e. The second kappa shape index (κ2) is 8.61. The standard InChI is InChI=1S/C15H21N3O7S/c1-8(2)7-9(16-11-12(20)13(21)14(11)25-3)15(22)18-17-10(19)5-6-26(4,23)24/h5-6,8-9,16H,7H2,1-4H3,(H,17,19)(H,18,22)/b6-5+/t9-/m0/s1. The first-order valence-corrected chi connectivity index (χ1v) is 9.53. The van der Waals surface area contributed by atoms with E-state index in [2.05, 4.69) is 10.7 Å². The third kappa shape index (κ3) is 5.99. The molecule has 1 rings (SSSR count). The third-order valence-corrected chi connectivity index (χ3v) is 3.82. The highest BCUT2D eigenvalue weighted by Crippen LogP contribution is 2.19. The number of hydrazine groups is 1. The Morgan fingerprint density at radius 2 is 1.77 bits per heavy atom. The van der Waals surface area contributed by atoms with Gasteiger partial charge in [0.1, 0.15) is 11.7 Å². The van der Waals surface area contributed by atoms with Crippen LogP contribution in [0.15, 0.2) is 21.1 Å². The maximum atomic E-state index is 12.3. The number of amides is 2. The van der Waals surface area contributed by atoms with Crippen LogP contribution in [-0.2, 0) is 19.4 Å². The Morgan fingerprint density at radius 1 is 1.15 bits per heavy atom. The fourth-order valence-corrected chi connectivity index (χ4v) is 2.38. The Hall–Kier alpha value is -2.69. The summed E-state index contributed by atoms with van der Waals surface area (Å²) in [5.41, 5.74) is 2.50. The van der Waals surface area contributed by atoms with E-state index in [1.54, 1.807) is 0 Å². The summed E-state index contributed by atoms with van der Waals surface area (Å²) in [6.45, 7) is 3.68. The summed E-state index contributed by atoms with van der Waals surface area (Å²) in [7, 11) is -2.25. The van der Waals surface area contributed by atoms with Gasteiger partial charge in [0.15, 0.2) is 15.6 Å². The molecular weight excluding hydrogens is 366 g/mol. The maximum Gasteiger partial charge on any atom is 0.271 e. The number of carbonyl (C=O) groups excluding carboxylic acids is 2. The van der Waals surface area contributed by atoms with Crippen molar-refractivity contribution >= 4 is 27.3 Å². The first-order chi connectivity index (χ1) is 12.0. The van der Waals surface area contributed by atoms with Gasteiger partial charge in [0, 0.05) is 17.7 Å². The summed E-state index contributed by atoms with van der Waals surface area (Å²) in [4.78, 5) is 46.7. The predicted molar refractivity (Wildman–Crippen MR) is 95.0 cm³/mol. The van der Waals surface area contributed by atoms with Crippen molar-refractivity contribution in [2.75, 3.05) is 18.7 Å². The summed E-state index contributed by atoms with van der Waals surface area (Å²) >= 11 is 0. The van der Waals surface area contributed by atoms with E-state index in [4.69, 9.17) is 4.74 Å². The van der Waals surface area contributed by atoms with E-state index in [0.29, 0.717) is 11.8 Å². The van der Waals surface area contributed by atoms with Crippen LogP contribution < -0.4 is 31.8 Å². The van der Waals surface area contributed by atoms with Gasteiger partial charge < -0.3 is 10.1 Å². The Morgan fingerprint density at radius 3 is 2.27 bits per heavy atom. The van der Waals surface area contributed by atoms with Crippen LogP contribution in [-0.4, -0.2) is 39.6 Å². The number of hydrogen-bond acceptors (Lipinski definition) is 8. The molecule has 1 aromatic carbocycles. The molecule has 0 saturated heterocycles. The lowest BCUT2D eigenvalue weighted by molar-refractivity contribution is -0.127. The van der Waals surface area contributed by atoms with Gasteiger partial charge in [-0.15, -0.1) is 0 Å². The summed E-state index contributed by atoms with van der Waals surface area (Å²) < 4.78 is 26.7. The SMILES string of the molecule is COc1c(N[C@@H](CC(C)C)C(=O)NNC(=O)/C=C/S(C)(=O)=O)c(=O)c1=O. The van der Waals surface area contributed by atoms with E-state index in [1.807, 2.05) is 19.3 Å². The van der Waals surface area contributed by atoms with Crippen LogP contribution in [0.25, 0.3) is 0 Å². The molecule has 2 amide bonds. The highest BCUT2D eigenvalue weighted by Gasteiger charge is 2.28. The van der Waals surface area contributed by atoms with Gasteiger partial charge in [-0.25, -0.2) is 8.42 Å². The highest BCUT2D eigenvalue weighted by molar-refractivity contribution is 7.93. The molecule has 0 aliphatic rings. The molecule has 3 N–H and O–H groups in total. The van der Waals surface area contributed by atoms with Gasteiger partial charge in [-0.2, -0.15) is 0 Å². The zero-order valence-corrected chi connectivity index (χ0v) is 15.6. The molecule has 0 heterocycles. The van der Waals surface area contributed by atoms with Crippen molar-refractivity contribution in [2.24, 2.45) is 5.92 Å². The lowest BCUT2D eigenvalue weighted by Crippen LogP contribution is -2.50. The number of sulfone groups is 1. The molecule has 1 aromatic rings. The first-order valence-electron chi connectivity index (χ1n) is 7.58. The average molecular weight is 387 g/mol. The van der Waals surface area contributed by atoms with E-state index in [9.17, 15) is 27.6 Å². The number of hydrogen-bond donors (Lipinski definition) is 3. The van der Waals surface area contributed by atoms with Crippen molar-refractivity contribution in [2.45, 2.75) is 26.3 Å². The van der Waals surface area contributed by atoms with Crippen LogP contribution in [0, 0.1) is 5.92 Å². The predicted octanol–water partition coefficient (Wildman–Crippen LogP) is -1.18. The minimum atomic E-state index is -3.48. The van der Waals surface area contributed by atoms with Gasteiger partial charge in [-0.1, -0.05) is 13.8 Å². The summed E-state index contributed by atoms with van der Waals surface area (Å²) in [6, 6.07) is -0.925. The van der Waals surface area contributed by atoms with Crippen LogP contribution in [0.2, 0.25) is 0 Å². The molecule has 0 radical (unpaired) electrons. The monoisotopic (exact) mass is 387 g/mol. The van der Waals surface area contributed by atoms with Gasteiger partial charge in [-0.3, -0.25) is 30.0 Å². The Bertz CT molecular complexity index is 880. The molecule has 0 saturated carbocycles. The van der Waals surface area contributed by atoms with Crippen LogP contribution in [0.5, 0.6) is 5.75 Å². The molecule has 0 aliphatic carbocycles. The molecule has 0 fully saturated rings. The van der Waals surface area contributed by atoms with Gasteiger partial charge in [0.2, 0.25) is 0 Å². The van der Waals surface area contributed by atoms with Crippen molar-refractivity contribution in [3.8, 4) is 5.75 Å². The topological polar surface area (TPSA) is 148 Å². The van der Waals surface area contributed by atoms with Crippen molar-refractivity contribution < 1.29 is 22.7 Å². The quantitative estimate of drug-likeness (QED) is 0.287. The average Bonchev–Trinajstić information content (AvgIpc) is 2.55. The molecule has 26 heavy (non-hydrogen) atoms. The van der Waals surface area contributed by atoms with Crippen LogP contribution in [0.1, 0.15) is 20.3 Å². The molecule has 0 bridgehead atoms. The number of nitrogens with one attached hydrogen (secondary N) is 3. The van der Waals surface area contributed by atoms with Gasteiger partial charge in [-0.05, 0) is 12.3 Å². The van der Waals surface area contributed by atoms with Crippen LogP contribution in [0.3, 0.4) is 0 Å². The van der Waals surface area contributed by atoms with E-state index in [0.717, 1.165) is 12.3 Å². The molecule has 0 aliphatic heterocycles. The fraction of sp³-hybridized carbons (Fsp3) is 0.467. The second-order valence-electron chi connectivity index (χ2n) is 6.00. The van der Waals surface area contributed by atoms with E-state index in [1.165, 1.54) is 7.11 Å². The van der Waals surface area contributed by atoms with Crippen molar-refractivity contribution in [1.29, 1.82) is 0 Å². The third-order valence-electron chi connectivity index (χ3n) is 3.19. The highest BCUT2D eigenvalue weighted by atomic mass is 32.2. The molecule has 0 unspecified atom stereocenters. The van der Waals surface area contributed by atoms with Crippen LogP contribution >= 0.6 is 0 Å². The maximum absolute atomic E-state index is 12.3. The molecule has 0 aromatic heterocycles. The zero-order chi connectivity index (χ0) is 20.1. The number of ether oxygens (including phenoxy) is 1. The normalized spacial score (nSPS) is 13.0. The molecule has 10 nitrogen and oxygen atoms in total. The molecular formula is C15H21N3O7S. The smallest absolute Gasteiger partial charge is 0.271 e. The summed E-state index contributed by atoms with van der Waals surface area (Å²) in [6.07, 6.45) is 1.96. The second-order valence-corrected chi connectivity index (χ2v) is 7.93. The van der Waals surface area contributed by atoms with Crippen molar-refractivity contribution in [1.82, 2.24) is 10.9 Å². The van der Waals surface area contributed by atoms with E-state index < -0.39 is 38.6 Å². The molecule has 1 atom stereocenters. The molecule has 0 spiro atoms. The van der Waals surface area contributed by atoms with Gasteiger partial charge in [0.25, 0.3) is 22.7 Å². The van der Waals surface area contributed by atoms with Crippen molar-refractivity contribution in [3.63, 3.8) is 0 Å². The minimum absolute atomic E-state index is 0.0524. The van der Waals surface area contributed by atoms with Gasteiger partial charge >= 0.3 is 0 Å². The summed E-state index contributed by atoms with van der Waals surface area (Å²) in [5, 5.41) is 3.34. The molecule has 144 valence electrons. The number of anilines is 1. The molecule has 11 heteroatoms. The Kier molecular flexibility index (Phi) is 7.07. The Labute approximate surface area is 150 Å². The lowest BCUT2D eigenvalue weighted by atomic mass is 10.0. The first kappa shape index (κ1) is 21.4. The van der Waals surface area contributed by atoms with Crippen LogP contribution in [0.4, 0.5) is 5.69 Å². The number of carbonyl (C=O) groups is 2. The van der Waals surface area contributed by atoms with E-state index in [-0.39, 0.29) is 17.4 Å². The zero-order valence-electron chi connectivity index (χ0n) is 14.8. The Balaban J connectivity index is 2.80. The summed E-state index contributed by atoms with van der Waals surface area (Å²) in [5.74, 6) is -1.62. The fourth-order valence-electron chi connectivity index (χ4n) is 2.01.